The Morgan fingerprint density at radius 1 is 1.04 bits per heavy atom. The number of likely N-dealkylation sites (tertiary alicyclic amines) is 1. The van der Waals surface area contributed by atoms with Crippen LogP contribution in [0.25, 0.3) is 0 Å². The lowest BCUT2D eigenvalue weighted by molar-refractivity contribution is 0.0690. The average molecular weight is 322 g/mol. The molecule has 0 atom stereocenters. The van der Waals surface area contributed by atoms with Crippen LogP contribution in [0.5, 0.6) is 0 Å². The normalized spacial score (nSPS) is 15.3. The number of rotatable bonds is 4. The van der Waals surface area contributed by atoms with Crippen LogP contribution in [-0.2, 0) is 6.42 Å². The Hall–Kier alpha value is -2.29. The van der Waals surface area contributed by atoms with Crippen LogP contribution < -0.4 is 4.90 Å². The minimum Gasteiger partial charge on any atom is -0.378 e. The maximum absolute atomic E-state index is 12.7. The molecule has 24 heavy (non-hydrogen) atoms. The number of anilines is 1. The number of hydrogen-bond acceptors (Lipinski definition) is 2. The summed E-state index contributed by atoms with van der Waals surface area (Å²) < 4.78 is 0. The molecule has 126 valence electrons. The largest absolute Gasteiger partial charge is 0.378 e. The predicted octanol–water partition coefficient (Wildman–Crippen LogP) is 3.85. The van der Waals surface area contributed by atoms with Crippen LogP contribution in [0, 0.1) is 5.92 Å². The Balaban J connectivity index is 1.58. The first-order valence-corrected chi connectivity index (χ1v) is 8.74. The van der Waals surface area contributed by atoms with Crippen molar-refractivity contribution in [2.45, 2.75) is 19.3 Å². The second kappa shape index (κ2) is 7.52. The summed E-state index contributed by atoms with van der Waals surface area (Å²) in [6, 6.07) is 18.6. The van der Waals surface area contributed by atoms with Gasteiger partial charge in [0.25, 0.3) is 5.91 Å². The Morgan fingerprint density at radius 3 is 2.42 bits per heavy atom. The van der Waals surface area contributed by atoms with E-state index in [-0.39, 0.29) is 5.91 Å². The molecule has 3 heteroatoms. The quantitative estimate of drug-likeness (QED) is 0.853. The van der Waals surface area contributed by atoms with Gasteiger partial charge in [0.1, 0.15) is 0 Å². The van der Waals surface area contributed by atoms with Crippen LogP contribution in [0.4, 0.5) is 5.69 Å². The van der Waals surface area contributed by atoms with E-state index >= 15 is 0 Å². The van der Waals surface area contributed by atoms with Crippen molar-refractivity contribution in [1.82, 2.24) is 4.90 Å². The second-order valence-corrected chi connectivity index (χ2v) is 6.87. The third kappa shape index (κ3) is 3.97. The van der Waals surface area contributed by atoms with Crippen molar-refractivity contribution in [1.29, 1.82) is 0 Å². The fraction of sp³-hybridized carbons (Fsp3) is 0.381. The van der Waals surface area contributed by atoms with Gasteiger partial charge in [0.15, 0.2) is 0 Å². The SMILES string of the molecule is CN(C)c1cccc(C(=O)N2CCC(Cc3ccccc3)CC2)c1. The van der Waals surface area contributed by atoms with E-state index in [0.29, 0.717) is 5.92 Å². The molecule has 0 unspecified atom stereocenters. The molecule has 1 fully saturated rings. The van der Waals surface area contributed by atoms with Gasteiger partial charge in [0.05, 0.1) is 0 Å². The maximum Gasteiger partial charge on any atom is 0.253 e. The summed E-state index contributed by atoms with van der Waals surface area (Å²) in [5, 5.41) is 0. The van der Waals surface area contributed by atoms with Crippen LogP contribution in [0.2, 0.25) is 0 Å². The number of carbonyl (C=O) groups excluding carboxylic acids is 1. The van der Waals surface area contributed by atoms with Crippen LogP contribution in [0.15, 0.2) is 54.6 Å². The Morgan fingerprint density at radius 2 is 1.75 bits per heavy atom. The third-order valence-corrected chi connectivity index (χ3v) is 4.88. The van der Waals surface area contributed by atoms with Crippen LogP contribution in [0.1, 0.15) is 28.8 Å². The predicted molar refractivity (Wildman–Crippen MR) is 99.5 cm³/mol. The van der Waals surface area contributed by atoms with Gasteiger partial charge in [-0.05, 0) is 48.9 Å². The summed E-state index contributed by atoms with van der Waals surface area (Å²) >= 11 is 0. The molecular weight excluding hydrogens is 296 g/mol. The lowest BCUT2D eigenvalue weighted by atomic mass is 9.90. The molecule has 2 aromatic carbocycles. The monoisotopic (exact) mass is 322 g/mol. The van der Waals surface area contributed by atoms with Gasteiger partial charge in [0.2, 0.25) is 0 Å². The Bertz CT molecular complexity index is 673. The standard InChI is InChI=1S/C21H26N2O/c1-22(2)20-10-6-9-19(16-20)21(24)23-13-11-18(12-14-23)15-17-7-4-3-5-8-17/h3-10,16,18H,11-15H2,1-2H3. The number of carbonyl (C=O) groups is 1. The number of piperidine rings is 1. The Kier molecular flexibility index (Phi) is 5.19. The molecule has 1 aliphatic rings. The summed E-state index contributed by atoms with van der Waals surface area (Å²) in [4.78, 5) is 16.8. The third-order valence-electron chi connectivity index (χ3n) is 4.88. The molecule has 2 aromatic rings. The molecule has 1 saturated heterocycles. The number of amides is 1. The van der Waals surface area contributed by atoms with E-state index in [4.69, 9.17) is 0 Å². The molecular formula is C21H26N2O. The van der Waals surface area contributed by atoms with Crippen molar-refractivity contribution in [2.75, 3.05) is 32.1 Å². The van der Waals surface area contributed by atoms with Gasteiger partial charge in [0, 0.05) is 38.4 Å². The Labute approximate surface area is 144 Å². The van der Waals surface area contributed by atoms with E-state index < -0.39 is 0 Å². The molecule has 0 aromatic heterocycles. The summed E-state index contributed by atoms with van der Waals surface area (Å²) in [7, 11) is 4.00. The van der Waals surface area contributed by atoms with Gasteiger partial charge in [-0.3, -0.25) is 4.79 Å². The van der Waals surface area contributed by atoms with Gasteiger partial charge in [-0.15, -0.1) is 0 Å². The molecule has 0 aliphatic carbocycles. The van der Waals surface area contributed by atoms with E-state index in [2.05, 4.69) is 30.3 Å². The summed E-state index contributed by atoms with van der Waals surface area (Å²) in [5.41, 5.74) is 3.27. The summed E-state index contributed by atoms with van der Waals surface area (Å²) in [5.74, 6) is 0.849. The van der Waals surface area contributed by atoms with E-state index in [1.807, 2.05) is 48.2 Å². The van der Waals surface area contributed by atoms with Crippen molar-refractivity contribution in [2.24, 2.45) is 5.92 Å². The fourth-order valence-electron chi connectivity index (χ4n) is 3.39. The van der Waals surface area contributed by atoms with Crippen molar-refractivity contribution in [3.05, 3.63) is 65.7 Å². The minimum atomic E-state index is 0.164. The number of hydrogen-bond donors (Lipinski definition) is 0. The molecule has 0 saturated carbocycles. The van der Waals surface area contributed by atoms with Gasteiger partial charge in [-0.2, -0.15) is 0 Å². The van der Waals surface area contributed by atoms with E-state index in [0.717, 1.165) is 43.6 Å². The van der Waals surface area contributed by atoms with Crippen molar-refractivity contribution >= 4 is 11.6 Å². The highest BCUT2D eigenvalue weighted by molar-refractivity contribution is 5.95. The van der Waals surface area contributed by atoms with Crippen molar-refractivity contribution in [3.63, 3.8) is 0 Å². The van der Waals surface area contributed by atoms with Crippen molar-refractivity contribution < 1.29 is 4.79 Å². The topological polar surface area (TPSA) is 23.6 Å². The smallest absolute Gasteiger partial charge is 0.253 e. The van der Waals surface area contributed by atoms with Gasteiger partial charge in [-0.25, -0.2) is 0 Å². The molecule has 1 amide bonds. The minimum absolute atomic E-state index is 0.164. The zero-order valence-corrected chi connectivity index (χ0v) is 14.6. The van der Waals surface area contributed by atoms with E-state index in [9.17, 15) is 4.79 Å². The van der Waals surface area contributed by atoms with Gasteiger partial charge in [-0.1, -0.05) is 36.4 Å². The summed E-state index contributed by atoms with van der Waals surface area (Å²) in [6.45, 7) is 1.73. The van der Waals surface area contributed by atoms with Gasteiger partial charge < -0.3 is 9.80 Å². The van der Waals surface area contributed by atoms with Crippen LogP contribution >= 0.6 is 0 Å². The first-order chi connectivity index (χ1) is 11.6. The highest BCUT2D eigenvalue weighted by Gasteiger charge is 2.23. The highest BCUT2D eigenvalue weighted by Crippen LogP contribution is 2.23. The molecule has 3 nitrogen and oxygen atoms in total. The molecule has 1 heterocycles. The maximum atomic E-state index is 12.7. The van der Waals surface area contributed by atoms with Crippen LogP contribution in [-0.4, -0.2) is 38.0 Å². The lowest BCUT2D eigenvalue weighted by Crippen LogP contribution is -2.39. The zero-order valence-electron chi connectivity index (χ0n) is 14.6. The molecule has 0 bridgehead atoms. The molecule has 1 aliphatic heterocycles. The summed E-state index contributed by atoms with van der Waals surface area (Å²) in [6.07, 6.45) is 3.31. The van der Waals surface area contributed by atoms with E-state index in [1.165, 1.54) is 5.56 Å². The second-order valence-electron chi connectivity index (χ2n) is 6.87. The van der Waals surface area contributed by atoms with E-state index in [1.54, 1.807) is 0 Å². The highest BCUT2D eigenvalue weighted by atomic mass is 16.2. The molecule has 0 radical (unpaired) electrons. The zero-order chi connectivity index (χ0) is 16.9. The average Bonchev–Trinajstić information content (AvgIpc) is 2.63. The van der Waals surface area contributed by atoms with Crippen molar-refractivity contribution in [3.8, 4) is 0 Å². The van der Waals surface area contributed by atoms with Gasteiger partial charge >= 0.3 is 0 Å². The first kappa shape index (κ1) is 16.6. The molecule has 0 N–H and O–H groups in total. The van der Waals surface area contributed by atoms with Crippen LogP contribution in [0.3, 0.4) is 0 Å². The first-order valence-electron chi connectivity index (χ1n) is 8.74. The molecule has 0 spiro atoms. The lowest BCUT2D eigenvalue weighted by Gasteiger charge is -2.32. The fourth-order valence-corrected chi connectivity index (χ4v) is 3.39. The number of nitrogens with zero attached hydrogens (tertiary/aromatic N) is 2. The number of benzene rings is 2. The molecule has 3 rings (SSSR count).